The van der Waals surface area contributed by atoms with Gasteiger partial charge in [0.15, 0.2) is 0 Å². The number of aromatic nitrogens is 3. The van der Waals surface area contributed by atoms with Crippen molar-refractivity contribution in [2.75, 3.05) is 0 Å². The smallest absolute Gasteiger partial charge is 0.112 e. The van der Waals surface area contributed by atoms with E-state index in [1.807, 2.05) is 12.3 Å². The van der Waals surface area contributed by atoms with Crippen molar-refractivity contribution in [1.82, 2.24) is 14.5 Å². The van der Waals surface area contributed by atoms with Crippen molar-refractivity contribution in [3.05, 3.63) is 126 Å². The molecule has 0 saturated heterocycles. The fraction of sp³-hybridized carbons (Fsp3) is 0.0270. The highest BCUT2D eigenvalue weighted by atomic mass is 32.2. The van der Waals surface area contributed by atoms with Crippen molar-refractivity contribution < 1.29 is 0 Å². The lowest BCUT2D eigenvalue weighted by Gasteiger charge is -2.19. The van der Waals surface area contributed by atoms with Gasteiger partial charge in [-0.2, -0.15) is 0 Å². The quantitative estimate of drug-likeness (QED) is 0.210. The van der Waals surface area contributed by atoms with E-state index < -0.39 is 0 Å². The number of pyridine rings is 2. The third-order valence-electron chi connectivity index (χ3n) is 7.98. The second-order valence-corrected chi connectivity index (χ2v) is 11.3. The van der Waals surface area contributed by atoms with Gasteiger partial charge in [0.25, 0.3) is 0 Å². The van der Waals surface area contributed by atoms with Gasteiger partial charge in [0.2, 0.25) is 0 Å². The molecule has 7 aromatic rings. The second-order valence-electron chi connectivity index (χ2n) is 10.2. The van der Waals surface area contributed by atoms with E-state index >= 15 is 0 Å². The highest BCUT2D eigenvalue weighted by molar-refractivity contribution is 7.99. The van der Waals surface area contributed by atoms with E-state index in [4.69, 9.17) is 9.97 Å². The molecule has 0 amide bonds. The predicted molar refractivity (Wildman–Crippen MR) is 173 cm³/mol. The van der Waals surface area contributed by atoms with Gasteiger partial charge in [0.05, 0.1) is 22.1 Å². The summed E-state index contributed by atoms with van der Waals surface area (Å²) in [6.45, 7) is 6.10. The minimum Gasteiger partial charge on any atom is -0.309 e. The minimum absolute atomic E-state index is 1.00. The molecule has 0 aliphatic carbocycles. The molecule has 0 unspecified atom stereocenters. The van der Waals surface area contributed by atoms with Crippen molar-refractivity contribution in [3.8, 4) is 28.1 Å². The Morgan fingerprint density at radius 1 is 0.805 bits per heavy atom. The summed E-state index contributed by atoms with van der Waals surface area (Å²) >= 11 is 1.73. The summed E-state index contributed by atoms with van der Waals surface area (Å²) in [4.78, 5) is 11.1. The van der Waals surface area contributed by atoms with Crippen molar-refractivity contribution in [2.45, 2.75) is 16.8 Å². The summed E-state index contributed by atoms with van der Waals surface area (Å²) in [5.41, 5.74) is 7.85. The van der Waals surface area contributed by atoms with Gasteiger partial charge in [0.1, 0.15) is 5.03 Å². The number of benzene rings is 4. The van der Waals surface area contributed by atoms with Crippen molar-refractivity contribution in [1.29, 1.82) is 0 Å². The van der Waals surface area contributed by atoms with Crippen LogP contribution in [0.1, 0.15) is 6.92 Å². The predicted octanol–water partition coefficient (Wildman–Crippen LogP) is 8.29. The molecule has 4 heteroatoms. The van der Waals surface area contributed by atoms with Gasteiger partial charge in [-0.1, -0.05) is 79.0 Å². The van der Waals surface area contributed by atoms with Crippen LogP contribution in [0.3, 0.4) is 0 Å². The van der Waals surface area contributed by atoms with E-state index in [0.717, 1.165) is 38.0 Å². The van der Waals surface area contributed by atoms with Crippen LogP contribution >= 0.6 is 11.8 Å². The standard InChI is InChI=1S/C37H25N3S/c1-3-10-32-26(4-2)30-22-24(16-18-33(30)40(32)25-11-6-5-7-12-25)23-15-17-31-29(21-23)27-19-20-38-36-28-13-8-9-14-34(28)41-37(39-31)35(27)36/h3-22H,1H2,2H3/b26-4-,32-10?. The Kier molecular flexibility index (Phi) is 5.44. The molecule has 4 aromatic carbocycles. The molecule has 0 saturated carbocycles. The lowest BCUT2D eigenvalue weighted by Crippen LogP contribution is -2.27. The molecule has 194 valence electrons. The summed E-state index contributed by atoms with van der Waals surface area (Å²) in [5.74, 6) is 0. The van der Waals surface area contributed by atoms with Crippen LogP contribution in [0.2, 0.25) is 0 Å². The number of allylic oxidation sites excluding steroid dienone is 1. The van der Waals surface area contributed by atoms with E-state index in [0.29, 0.717) is 0 Å². The molecule has 1 aliphatic rings. The maximum atomic E-state index is 5.11. The summed E-state index contributed by atoms with van der Waals surface area (Å²) in [6, 6.07) is 34.5. The number of para-hydroxylation sites is 1. The molecule has 1 aliphatic heterocycles. The zero-order chi connectivity index (χ0) is 27.5. The third kappa shape index (κ3) is 3.61. The monoisotopic (exact) mass is 543 g/mol. The molecular weight excluding hydrogens is 518 g/mol. The van der Waals surface area contributed by atoms with E-state index in [1.165, 1.54) is 43.1 Å². The van der Waals surface area contributed by atoms with E-state index in [2.05, 4.69) is 127 Å². The number of nitrogens with zero attached hydrogens (tertiary/aromatic N) is 3. The topological polar surface area (TPSA) is 30.7 Å². The van der Waals surface area contributed by atoms with E-state index in [1.54, 1.807) is 11.8 Å². The summed E-state index contributed by atoms with van der Waals surface area (Å²) < 4.78 is 2.32. The number of hydrogen-bond donors (Lipinski definition) is 0. The molecule has 0 atom stereocenters. The van der Waals surface area contributed by atoms with Crippen LogP contribution in [0, 0.1) is 0 Å². The zero-order valence-corrected chi connectivity index (χ0v) is 23.3. The molecule has 0 radical (unpaired) electrons. The molecule has 41 heavy (non-hydrogen) atoms. The van der Waals surface area contributed by atoms with Crippen LogP contribution in [0.4, 0.5) is 0 Å². The van der Waals surface area contributed by atoms with Crippen LogP contribution in [0.25, 0.3) is 72.8 Å². The molecular formula is C37H25N3S. The first-order chi connectivity index (χ1) is 20.2. The number of rotatable bonds is 3. The summed E-state index contributed by atoms with van der Waals surface area (Å²) in [5, 5.41) is 8.07. The van der Waals surface area contributed by atoms with Crippen LogP contribution in [-0.4, -0.2) is 14.5 Å². The van der Waals surface area contributed by atoms with Gasteiger partial charge >= 0.3 is 0 Å². The van der Waals surface area contributed by atoms with Crippen LogP contribution < -0.4 is 10.6 Å². The van der Waals surface area contributed by atoms with Gasteiger partial charge in [0, 0.05) is 43.7 Å². The van der Waals surface area contributed by atoms with Gasteiger partial charge in [-0.05, 0) is 78.0 Å². The molecule has 3 aromatic heterocycles. The van der Waals surface area contributed by atoms with Crippen LogP contribution in [0.15, 0.2) is 126 Å². The summed E-state index contributed by atoms with van der Waals surface area (Å²) in [6.07, 6.45) is 8.09. The Balaban J connectivity index is 1.36. The fourth-order valence-corrected chi connectivity index (χ4v) is 7.26. The average molecular weight is 544 g/mol. The van der Waals surface area contributed by atoms with Gasteiger partial charge in [-0.3, -0.25) is 4.98 Å². The molecule has 0 fully saturated rings. The molecule has 4 heterocycles. The van der Waals surface area contributed by atoms with Gasteiger partial charge in [-0.25, -0.2) is 4.98 Å². The van der Waals surface area contributed by atoms with E-state index in [9.17, 15) is 0 Å². The van der Waals surface area contributed by atoms with Crippen molar-refractivity contribution >= 4 is 56.5 Å². The Hall–Kier alpha value is -4.93. The molecule has 3 nitrogen and oxygen atoms in total. The van der Waals surface area contributed by atoms with Crippen molar-refractivity contribution in [2.24, 2.45) is 0 Å². The Morgan fingerprint density at radius 2 is 1.59 bits per heavy atom. The zero-order valence-electron chi connectivity index (χ0n) is 22.5. The van der Waals surface area contributed by atoms with E-state index in [-0.39, 0.29) is 0 Å². The molecule has 0 bridgehead atoms. The summed E-state index contributed by atoms with van der Waals surface area (Å²) in [7, 11) is 0. The molecule has 8 rings (SSSR count). The van der Waals surface area contributed by atoms with Gasteiger partial charge in [-0.15, -0.1) is 0 Å². The second kappa shape index (κ2) is 9.33. The van der Waals surface area contributed by atoms with Crippen LogP contribution in [-0.2, 0) is 0 Å². The lowest BCUT2D eigenvalue weighted by atomic mass is 9.97. The Labute approximate surface area is 241 Å². The van der Waals surface area contributed by atoms with Crippen molar-refractivity contribution in [3.63, 3.8) is 0 Å². The maximum Gasteiger partial charge on any atom is 0.112 e. The first-order valence-electron chi connectivity index (χ1n) is 13.7. The van der Waals surface area contributed by atoms with Gasteiger partial charge < -0.3 is 4.57 Å². The molecule has 0 N–H and O–H groups in total. The normalized spacial score (nSPS) is 13.3. The highest BCUT2D eigenvalue weighted by Gasteiger charge is 2.22. The number of fused-ring (bicyclic) bond motifs is 5. The van der Waals surface area contributed by atoms with Crippen LogP contribution in [0.5, 0.6) is 0 Å². The minimum atomic E-state index is 1.00. The first kappa shape index (κ1) is 23.9. The first-order valence-corrected chi connectivity index (χ1v) is 14.6. The average Bonchev–Trinajstić information content (AvgIpc) is 3.34. The molecule has 0 spiro atoms. The number of hydrogen-bond acceptors (Lipinski definition) is 3. The maximum absolute atomic E-state index is 5.11. The fourth-order valence-electron chi connectivity index (χ4n) is 6.18. The highest BCUT2D eigenvalue weighted by Crippen LogP contribution is 2.47. The lowest BCUT2D eigenvalue weighted by molar-refractivity contribution is 1.07. The SMILES string of the molecule is C=CC=c1/c(=C\C)c2cc(-c3ccc4nc5c6c(nccc6c4c3)-c3ccccc3S5)ccc2n1-c1ccccc1. The Bertz CT molecular complexity index is 2310. The third-order valence-corrected chi connectivity index (χ3v) is 9.04. The Morgan fingerprint density at radius 3 is 2.41 bits per heavy atom. The largest absolute Gasteiger partial charge is 0.309 e.